The predicted octanol–water partition coefficient (Wildman–Crippen LogP) is 3.11. The highest BCUT2D eigenvalue weighted by molar-refractivity contribution is 5.89. The van der Waals surface area contributed by atoms with E-state index in [1.54, 1.807) is 25.1 Å². The van der Waals surface area contributed by atoms with Gasteiger partial charge in [-0.2, -0.15) is 0 Å². The van der Waals surface area contributed by atoms with E-state index in [4.69, 9.17) is 5.11 Å². The van der Waals surface area contributed by atoms with Crippen LogP contribution in [0.2, 0.25) is 0 Å². The molecule has 92 valence electrons. The molecule has 0 spiro atoms. The van der Waals surface area contributed by atoms with Gasteiger partial charge >= 0.3 is 5.97 Å². The Kier molecular flexibility index (Phi) is 3.44. The van der Waals surface area contributed by atoms with E-state index in [9.17, 15) is 9.90 Å². The van der Waals surface area contributed by atoms with Gasteiger partial charge in [0.1, 0.15) is 0 Å². The summed E-state index contributed by atoms with van der Waals surface area (Å²) in [4.78, 5) is 10.9. The van der Waals surface area contributed by atoms with E-state index in [-0.39, 0.29) is 5.56 Å². The summed E-state index contributed by atoms with van der Waals surface area (Å²) in [5.74, 6) is -0.941. The van der Waals surface area contributed by atoms with Crippen molar-refractivity contribution in [2.24, 2.45) is 0 Å². The van der Waals surface area contributed by atoms with Crippen molar-refractivity contribution in [3.05, 3.63) is 59.7 Å². The molecule has 0 aliphatic rings. The number of aliphatic hydroxyl groups is 1. The van der Waals surface area contributed by atoms with Crippen LogP contribution in [0.1, 0.15) is 28.9 Å². The smallest absolute Gasteiger partial charge is 0.335 e. The first-order chi connectivity index (χ1) is 8.58. The quantitative estimate of drug-likeness (QED) is 0.869. The monoisotopic (exact) mass is 242 g/mol. The van der Waals surface area contributed by atoms with E-state index < -0.39 is 12.1 Å². The lowest BCUT2D eigenvalue weighted by molar-refractivity contribution is 0.0697. The number of carboxylic acids is 1. The second kappa shape index (κ2) is 5.02. The molecule has 0 aliphatic heterocycles. The summed E-state index contributed by atoms with van der Waals surface area (Å²) in [6.07, 6.45) is -0.535. The van der Waals surface area contributed by atoms with Crippen LogP contribution in [0.15, 0.2) is 48.5 Å². The van der Waals surface area contributed by atoms with E-state index in [0.717, 1.165) is 16.7 Å². The summed E-state index contributed by atoms with van der Waals surface area (Å²) in [5.41, 5.74) is 2.80. The Morgan fingerprint density at radius 1 is 1.06 bits per heavy atom. The Morgan fingerprint density at radius 3 is 2.28 bits per heavy atom. The van der Waals surface area contributed by atoms with Gasteiger partial charge in [-0.3, -0.25) is 0 Å². The summed E-state index contributed by atoms with van der Waals surface area (Å²) in [5, 5.41) is 18.5. The molecule has 3 heteroatoms. The minimum Gasteiger partial charge on any atom is -0.478 e. The molecule has 0 saturated heterocycles. The highest BCUT2D eigenvalue weighted by Gasteiger charge is 2.06. The van der Waals surface area contributed by atoms with Gasteiger partial charge < -0.3 is 10.2 Å². The van der Waals surface area contributed by atoms with Crippen molar-refractivity contribution < 1.29 is 15.0 Å². The van der Waals surface area contributed by atoms with Crippen LogP contribution in [0.5, 0.6) is 0 Å². The van der Waals surface area contributed by atoms with Gasteiger partial charge in [0.15, 0.2) is 0 Å². The molecule has 0 bridgehead atoms. The predicted molar refractivity (Wildman–Crippen MR) is 69.5 cm³/mol. The van der Waals surface area contributed by atoms with Crippen molar-refractivity contribution in [3.63, 3.8) is 0 Å². The van der Waals surface area contributed by atoms with Crippen LogP contribution in [0.25, 0.3) is 11.1 Å². The Bertz CT molecular complexity index is 573. The van der Waals surface area contributed by atoms with E-state index in [0.29, 0.717) is 0 Å². The van der Waals surface area contributed by atoms with Crippen molar-refractivity contribution in [1.29, 1.82) is 0 Å². The fourth-order valence-corrected chi connectivity index (χ4v) is 1.81. The fourth-order valence-electron chi connectivity index (χ4n) is 1.81. The fraction of sp³-hybridized carbons (Fsp3) is 0.133. The number of hydrogen-bond donors (Lipinski definition) is 2. The lowest BCUT2D eigenvalue weighted by Crippen LogP contribution is -1.96. The summed E-state index contributed by atoms with van der Waals surface area (Å²) < 4.78 is 0. The van der Waals surface area contributed by atoms with Gasteiger partial charge in [0.25, 0.3) is 0 Å². The van der Waals surface area contributed by atoms with Gasteiger partial charge in [0, 0.05) is 0 Å². The van der Waals surface area contributed by atoms with Gasteiger partial charge in [0.2, 0.25) is 0 Å². The third kappa shape index (κ3) is 2.57. The van der Waals surface area contributed by atoms with Crippen molar-refractivity contribution in [3.8, 4) is 11.1 Å². The van der Waals surface area contributed by atoms with Crippen molar-refractivity contribution in [2.45, 2.75) is 13.0 Å². The van der Waals surface area contributed by atoms with Crippen LogP contribution in [0.4, 0.5) is 0 Å². The maximum Gasteiger partial charge on any atom is 0.335 e. The summed E-state index contributed by atoms with van der Waals surface area (Å²) in [6, 6.07) is 14.2. The highest BCUT2D eigenvalue weighted by Crippen LogP contribution is 2.24. The Balaban J connectivity index is 2.45. The Morgan fingerprint density at radius 2 is 1.67 bits per heavy atom. The van der Waals surface area contributed by atoms with E-state index >= 15 is 0 Å². The average Bonchev–Trinajstić information content (AvgIpc) is 2.39. The van der Waals surface area contributed by atoms with Gasteiger partial charge in [-0.15, -0.1) is 0 Å². The van der Waals surface area contributed by atoms with Crippen molar-refractivity contribution in [1.82, 2.24) is 0 Å². The van der Waals surface area contributed by atoms with Crippen LogP contribution in [0.3, 0.4) is 0 Å². The molecule has 0 fully saturated rings. The molecule has 2 aromatic carbocycles. The molecule has 0 saturated carbocycles. The first-order valence-electron chi connectivity index (χ1n) is 5.69. The van der Waals surface area contributed by atoms with Crippen LogP contribution >= 0.6 is 0 Å². The maximum atomic E-state index is 10.9. The zero-order valence-corrected chi connectivity index (χ0v) is 10.00. The van der Waals surface area contributed by atoms with Crippen LogP contribution in [0, 0.1) is 0 Å². The third-order valence-corrected chi connectivity index (χ3v) is 2.81. The Labute approximate surface area is 105 Å². The second-order valence-electron chi connectivity index (χ2n) is 4.19. The van der Waals surface area contributed by atoms with Gasteiger partial charge in [-0.25, -0.2) is 4.79 Å². The van der Waals surface area contributed by atoms with Gasteiger partial charge in [-0.05, 0) is 41.8 Å². The number of rotatable bonds is 3. The molecule has 0 aliphatic carbocycles. The topological polar surface area (TPSA) is 57.5 Å². The highest BCUT2D eigenvalue weighted by atomic mass is 16.4. The number of carbonyl (C=O) groups is 1. The molecule has 0 amide bonds. The molecular weight excluding hydrogens is 228 g/mol. The van der Waals surface area contributed by atoms with Crippen molar-refractivity contribution in [2.75, 3.05) is 0 Å². The van der Waals surface area contributed by atoms with Gasteiger partial charge in [-0.1, -0.05) is 30.3 Å². The first kappa shape index (κ1) is 12.3. The normalized spacial score (nSPS) is 12.1. The van der Waals surface area contributed by atoms with E-state index in [1.807, 2.05) is 30.3 Å². The zero-order valence-electron chi connectivity index (χ0n) is 10.00. The van der Waals surface area contributed by atoms with E-state index in [1.165, 1.54) is 0 Å². The summed E-state index contributed by atoms with van der Waals surface area (Å²) in [7, 11) is 0. The number of carboxylic acid groups (broad SMARTS) is 1. The van der Waals surface area contributed by atoms with Crippen LogP contribution in [-0.2, 0) is 0 Å². The number of hydrogen-bond acceptors (Lipinski definition) is 2. The molecule has 0 radical (unpaired) electrons. The molecule has 18 heavy (non-hydrogen) atoms. The molecule has 1 atom stereocenters. The number of aromatic carboxylic acids is 1. The molecule has 0 unspecified atom stereocenters. The summed E-state index contributed by atoms with van der Waals surface area (Å²) >= 11 is 0. The van der Waals surface area contributed by atoms with Gasteiger partial charge in [0.05, 0.1) is 11.7 Å². The second-order valence-corrected chi connectivity index (χ2v) is 4.19. The molecular formula is C15H14O3. The Hall–Kier alpha value is -2.13. The SMILES string of the molecule is C[C@@H](O)c1cccc(-c2cccc(C(=O)O)c2)c1. The third-order valence-electron chi connectivity index (χ3n) is 2.81. The average molecular weight is 242 g/mol. The van der Waals surface area contributed by atoms with Crippen LogP contribution in [-0.4, -0.2) is 16.2 Å². The molecule has 2 N–H and O–H groups in total. The molecule has 0 aromatic heterocycles. The maximum absolute atomic E-state index is 10.9. The number of benzene rings is 2. The molecule has 0 heterocycles. The minimum absolute atomic E-state index is 0.259. The number of aliphatic hydroxyl groups excluding tert-OH is 1. The largest absolute Gasteiger partial charge is 0.478 e. The molecule has 3 nitrogen and oxygen atoms in total. The molecule has 2 rings (SSSR count). The van der Waals surface area contributed by atoms with Crippen LogP contribution < -0.4 is 0 Å². The summed E-state index contributed by atoms with van der Waals surface area (Å²) in [6.45, 7) is 1.70. The zero-order chi connectivity index (χ0) is 13.1. The first-order valence-corrected chi connectivity index (χ1v) is 5.69. The molecule has 2 aromatic rings. The standard InChI is InChI=1S/C15H14O3/c1-10(16)11-4-2-5-12(8-11)13-6-3-7-14(9-13)15(17)18/h2-10,16H,1H3,(H,17,18)/t10-/m1/s1. The van der Waals surface area contributed by atoms with Crippen molar-refractivity contribution >= 4 is 5.97 Å². The lowest BCUT2D eigenvalue weighted by Gasteiger charge is -2.08. The minimum atomic E-state index is -0.941. The van der Waals surface area contributed by atoms with E-state index in [2.05, 4.69) is 0 Å². The lowest BCUT2D eigenvalue weighted by atomic mass is 9.99.